The Morgan fingerprint density at radius 1 is 1.11 bits per heavy atom. The number of hydrogen-bond acceptors (Lipinski definition) is 3. The molecule has 3 N–H and O–H groups in total. The van der Waals surface area contributed by atoms with Crippen LogP contribution in [-0.2, 0) is 0 Å². The fraction of sp³-hybridized carbons (Fsp3) is 0.150. The smallest absolute Gasteiger partial charge is 0.319 e. The van der Waals surface area contributed by atoms with Crippen LogP contribution in [0.2, 0.25) is 5.02 Å². The van der Waals surface area contributed by atoms with E-state index in [1.54, 1.807) is 42.5 Å². The molecule has 0 saturated heterocycles. The number of carbonyl (C=O) groups is 1. The molecule has 3 aromatic carbocycles. The summed E-state index contributed by atoms with van der Waals surface area (Å²) >= 11 is 9.43. The van der Waals surface area contributed by atoms with E-state index in [1.807, 2.05) is 12.1 Å². The highest BCUT2D eigenvalue weighted by molar-refractivity contribution is 9.10. The number of halogens is 2. The highest BCUT2D eigenvalue weighted by Gasteiger charge is 2.07. The molecule has 2 amide bonds. The SMILES string of the molecule is O=C(NCCCOc1ccc(Br)cc1Cl)Nc1cccc2c(O)cccc12. The van der Waals surface area contributed by atoms with E-state index in [2.05, 4.69) is 26.6 Å². The lowest BCUT2D eigenvalue weighted by Crippen LogP contribution is -2.30. The van der Waals surface area contributed by atoms with E-state index in [0.717, 1.165) is 9.86 Å². The predicted molar refractivity (Wildman–Crippen MR) is 112 cm³/mol. The first-order chi connectivity index (χ1) is 13.0. The fourth-order valence-electron chi connectivity index (χ4n) is 2.62. The Bertz CT molecular complexity index is 965. The third kappa shape index (κ3) is 5.05. The van der Waals surface area contributed by atoms with Gasteiger partial charge in [0.05, 0.1) is 17.3 Å². The van der Waals surface area contributed by atoms with Gasteiger partial charge in [0.1, 0.15) is 11.5 Å². The van der Waals surface area contributed by atoms with Crippen LogP contribution in [0.3, 0.4) is 0 Å². The van der Waals surface area contributed by atoms with Crippen LogP contribution in [0.5, 0.6) is 11.5 Å². The molecule has 0 heterocycles. The van der Waals surface area contributed by atoms with Gasteiger partial charge in [-0.2, -0.15) is 0 Å². The van der Waals surface area contributed by atoms with Crippen LogP contribution < -0.4 is 15.4 Å². The minimum absolute atomic E-state index is 0.181. The standard InChI is InChI=1S/C20H18BrClN2O3/c21-13-8-9-19(16(22)12-13)27-11-3-10-23-20(26)24-17-6-1-5-15-14(17)4-2-7-18(15)25/h1-2,4-9,12,25H,3,10-11H2,(H2,23,24,26). The number of amides is 2. The molecule has 27 heavy (non-hydrogen) atoms. The van der Waals surface area contributed by atoms with Gasteiger partial charge in [0.15, 0.2) is 0 Å². The molecule has 7 heteroatoms. The summed E-state index contributed by atoms with van der Waals surface area (Å²) in [5, 5.41) is 17.5. The molecule has 0 aliphatic rings. The van der Waals surface area contributed by atoms with Gasteiger partial charge < -0.3 is 20.5 Å². The van der Waals surface area contributed by atoms with Crippen molar-refractivity contribution in [1.82, 2.24) is 5.32 Å². The second-order valence-electron chi connectivity index (χ2n) is 5.84. The number of carbonyl (C=O) groups excluding carboxylic acids is 1. The Morgan fingerprint density at radius 2 is 1.89 bits per heavy atom. The van der Waals surface area contributed by atoms with Gasteiger partial charge in [-0.3, -0.25) is 0 Å². The van der Waals surface area contributed by atoms with Gasteiger partial charge in [0, 0.05) is 21.8 Å². The lowest BCUT2D eigenvalue weighted by atomic mass is 10.1. The molecule has 5 nitrogen and oxygen atoms in total. The van der Waals surface area contributed by atoms with Crippen LogP contribution in [0.4, 0.5) is 10.5 Å². The monoisotopic (exact) mass is 448 g/mol. The zero-order valence-electron chi connectivity index (χ0n) is 14.3. The van der Waals surface area contributed by atoms with E-state index in [1.165, 1.54) is 0 Å². The maximum Gasteiger partial charge on any atom is 0.319 e. The van der Waals surface area contributed by atoms with Gasteiger partial charge in [-0.1, -0.05) is 51.8 Å². The number of phenols is 1. The molecule has 0 aliphatic carbocycles. The first-order valence-electron chi connectivity index (χ1n) is 8.38. The van der Waals surface area contributed by atoms with E-state index >= 15 is 0 Å². The summed E-state index contributed by atoms with van der Waals surface area (Å²) in [5.41, 5.74) is 0.638. The maximum atomic E-state index is 12.1. The number of urea groups is 1. The minimum Gasteiger partial charge on any atom is -0.507 e. The van der Waals surface area contributed by atoms with E-state index in [0.29, 0.717) is 41.4 Å². The molecule has 3 aromatic rings. The van der Waals surface area contributed by atoms with Crippen LogP contribution in [0.1, 0.15) is 6.42 Å². The molecule has 0 aromatic heterocycles. The van der Waals surface area contributed by atoms with Crippen molar-refractivity contribution in [2.24, 2.45) is 0 Å². The molecule has 0 bridgehead atoms. The Labute approximate surface area is 170 Å². The maximum absolute atomic E-state index is 12.1. The van der Waals surface area contributed by atoms with Crippen LogP contribution >= 0.6 is 27.5 Å². The summed E-state index contributed by atoms with van der Waals surface area (Å²) < 4.78 is 6.50. The molecule has 0 unspecified atom stereocenters. The average Bonchev–Trinajstić information content (AvgIpc) is 2.64. The van der Waals surface area contributed by atoms with Gasteiger partial charge in [0.2, 0.25) is 0 Å². The quantitative estimate of drug-likeness (QED) is 0.432. The topological polar surface area (TPSA) is 70.6 Å². The number of ether oxygens (including phenoxy) is 1. The van der Waals surface area contributed by atoms with Crippen molar-refractivity contribution in [2.45, 2.75) is 6.42 Å². The molecule has 0 radical (unpaired) electrons. The zero-order valence-corrected chi connectivity index (χ0v) is 16.7. The number of aromatic hydroxyl groups is 1. The second kappa shape index (κ2) is 8.97. The number of fused-ring (bicyclic) bond motifs is 1. The summed E-state index contributed by atoms with van der Waals surface area (Å²) in [5.74, 6) is 0.792. The van der Waals surface area contributed by atoms with Crippen LogP contribution in [0, 0.1) is 0 Å². The molecule has 140 valence electrons. The lowest BCUT2D eigenvalue weighted by Gasteiger charge is -2.11. The number of nitrogens with one attached hydrogen (secondary N) is 2. The lowest BCUT2D eigenvalue weighted by molar-refractivity contribution is 0.250. The molecule has 0 saturated carbocycles. The largest absolute Gasteiger partial charge is 0.507 e. The summed E-state index contributed by atoms with van der Waals surface area (Å²) in [6, 6.07) is 15.7. The fourth-order valence-corrected chi connectivity index (χ4v) is 3.35. The molecular formula is C20H18BrClN2O3. The Morgan fingerprint density at radius 3 is 2.70 bits per heavy atom. The Balaban J connectivity index is 1.47. The van der Waals surface area contributed by atoms with Crippen LogP contribution in [0.25, 0.3) is 10.8 Å². The van der Waals surface area contributed by atoms with Gasteiger partial charge in [-0.05, 0) is 36.8 Å². The number of rotatable bonds is 6. The third-order valence-corrected chi connectivity index (χ3v) is 4.69. The van der Waals surface area contributed by atoms with Crippen LogP contribution in [-0.4, -0.2) is 24.3 Å². The van der Waals surface area contributed by atoms with Crippen molar-refractivity contribution >= 4 is 50.0 Å². The predicted octanol–water partition coefficient (Wildman–Crippen LogP) is 5.55. The first kappa shape index (κ1) is 19.3. The number of benzene rings is 3. The van der Waals surface area contributed by atoms with Gasteiger partial charge >= 0.3 is 6.03 Å². The first-order valence-corrected chi connectivity index (χ1v) is 9.55. The highest BCUT2D eigenvalue weighted by atomic mass is 79.9. The van der Waals surface area contributed by atoms with Crippen molar-refractivity contribution in [2.75, 3.05) is 18.5 Å². The average molecular weight is 450 g/mol. The van der Waals surface area contributed by atoms with Crippen molar-refractivity contribution in [3.8, 4) is 11.5 Å². The summed E-state index contributed by atoms with van der Waals surface area (Å²) in [6.07, 6.45) is 0.635. The molecule has 3 rings (SSSR count). The molecule has 0 atom stereocenters. The minimum atomic E-state index is -0.312. The van der Waals surface area contributed by atoms with Crippen molar-refractivity contribution in [3.05, 3.63) is 64.1 Å². The number of phenolic OH excluding ortho intramolecular Hbond substituents is 1. The van der Waals surface area contributed by atoms with Crippen molar-refractivity contribution in [1.29, 1.82) is 0 Å². The molecule has 0 aliphatic heterocycles. The van der Waals surface area contributed by atoms with Gasteiger partial charge in [-0.25, -0.2) is 4.79 Å². The zero-order chi connectivity index (χ0) is 19.2. The Hall–Kier alpha value is -2.44. The normalized spacial score (nSPS) is 10.6. The molecule has 0 spiro atoms. The van der Waals surface area contributed by atoms with Crippen molar-refractivity contribution in [3.63, 3.8) is 0 Å². The van der Waals surface area contributed by atoms with Gasteiger partial charge in [-0.15, -0.1) is 0 Å². The van der Waals surface area contributed by atoms with E-state index in [-0.39, 0.29) is 11.8 Å². The molecular weight excluding hydrogens is 432 g/mol. The van der Waals surface area contributed by atoms with Gasteiger partial charge in [0.25, 0.3) is 0 Å². The van der Waals surface area contributed by atoms with E-state index < -0.39 is 0 Å². The van der Waals surface area contributed by atoms with E-state index in [9.17, 15) is 9.90 Å². The second-order valence-corrected chi connectivity index (χ2v) is 7.16. The summed E-state index contributed by atoms with van der Waals surface area (Å²) in [4.78, 5) is 12.1. The van der Waals surface area contributed by atoms with Crippen LogP contribution in [0.15, 0.2) is 59.1 Å². The third-order valence-electron chi connectivity index (χ3n) is 3.91. The Kier molecular flexibility index (Phi) is 6.42. The highest BCUT2D eigenvalue weighted by Crippen LogP contribution is 2.30. The van der Waals surface area contributed by atoms with E-state index in [4.69, 9.17) is 16.3 Å². The van der Waals surface area contributed by atoms with Crippen molar-refractivity contribution < 1.29 is 14.6 Å². The number of hydrogen-bond donors (Lipinski definition) is 3. The number of anilines is 1. The molecule has 0 fully saturated rings. The summed E-state index contributed by atoms with van der Waals surface area (Å²) in [7, 11) is 0. The summed E-state index contributed by atoms with van der Waals surface area (Å²) in [6.45, 7) is 0.889.